The maximum Gasteiger partial charge on any atom is 0.155 e. The van der Waals surface area contributed by atoms with E-state index in [-0.39, 0.29) is 30.5 Å². The molecule has 0 aliphatic heterocycles. The molecule has 0 radical (unpaired) electrons. The van der Waals surface area contributed by atoms with Gasteiger partial charge in [0.05, 0.1) is 11.5 Å². The molecule has 0 unspecified atom stereocenters. The van der Waals surface area contributed by atoms with E-state index in [0.717, 1.165) is 5.56 Å². The lowest BCUT2D eigenvalue weighted by Gasteiger charge is -2.01. The molecule has 0 aromatic heterocycles. The summed E-state index contributed by atoms with van der Waals surface area (Å²) in [6.45, 7) is 0.190. The van der Waals surface area contributed by atoms with Crippen LogP contribution in [0.5, 0.6) is 0 Å². The second kappa shape index (κ2) is 6.01. The van der Waals surface area contributed by atoms with Crippen LogP contribution in [0.1, 0.15) is 5.56 Å². The second-order valence-electron chi connectivity index (χ2n) is 2.87. The van der Waals surface area contributed by atoms with Crippen molar-refractivity contribution in [1.29, 1.82) is 0 Å². The molecule has 0 fully saturated rings. The van der Waals surface area contributed by atoms with Crippen molar-refractivity contribution in [3.63, 3.8) is 0 Å². The number of nitrogens with two attached hydrogens (primary N) is 1. The highest BCUT2D eigenvalue weighted by atomic mass is 35.5. The Kier molecular flexibility index (Phi) is 5.76. The zero-order chi connectivity index (χ0) is 9.73. The number of rotatable bonds is 4. The number of halogens is 1. The van der Waals surface area contributed by atoms with Gasteiger partial charge in [-0.15, -0.1) is 12.4 Å². The Balaban J connectivity index is 0.00000169. The molecule has 0 aliphatic carbocycles. The van der Waals surface area contributed by atoms with Crippen LogP contribution in [-0.2, 0) is 15.6 Å². The summed E-state index contributed by atoms with van der Waals surface area (Å²) in [5.74, 6) is 0.146. The van der Waals surface area contributed by atoms with Crippen LogP contribution in [0.3, 0.4) is 0 Å². The monoisotopic (exact) mass is 235 g/mol. The largest absolute Gasteiger partial charge is 0.329 e. The van der Waals surface area contributed by atoms with E-state index < -0.39 is 9.84 Å². The minimum absolute atomic E-state index is 0. The first-order chi connectivity index (χ1) is 6.14. The van der Waals surface area contributed by atoms with Gasteiger partial charge in [0.25, 0.3) is 0 Å². The molecule has 0 saturated carbocycles. The third-order valence-electron chi connectivity index (χ3n) is 1.66. The Bertz CT molecular complexity index is 350. The quantitative estimate of drug-likeness (QED) is 0.847. The van der Waals surface area contributed by atoms with E-state index in [1.165, 1.54) is 0 Å². The first-order valence-corrected chi connectivity index (χ1v) is 5.90. The summed E-state index contributed by atoms with van der Waals surface area (Å²) < 4.78 is 22.6. The van der Waals surface area contributed by atoms with Crippen LogP contribution in [0, 0.1) is 0 Å². The standard InChI is InChI=1S/C9H13NO2S.ClH/c10-6-7-13(11,12)8-9-4-2-1-3-5-9;/h1-5H,6-8,10H2;1H. The second-order valence-corrected chi connectivity index (χ2v) is 5.05. The summed E-state index contributed by atoms with van der Waals surface area (Å²) in [5.41, 5.74) is 6.00. The average Bonchev–Trinajstić information content (AvgIpc) is 2.04. The molecule has 80 valence electrons. The molecule has 3 nitrogen and oxygen atoms in total. The van der Waals surface area contributed by atoms with Crippen molar-refractivity contribution in [2.75, 3.05) is 12.3 Å². The fourth-order valence-corrected chi connectivity index (χ4v) is 2.28. The molecule has 5 heteroatoms. The van der Waals surface area contributed by atoms with Crippen LogP contribution >= 0.6 is 12.4 Å². The summed E-state index contributed by atoms with van der Waals surface area (Å²) in [7, 11) is -3.01. The van der Waals surface area contributed by atoms with Crippen molar-refractivity contribution in [2.24, 2.45) is 5.73 Å². The minimum atomic E-state index is -3.01. The number of hydrogen-bond donors (Lipinski definition) is 1. The van der Waals surface area contributed by atoms with Crippen LogP contribution in [0.4, 0.5) is 0 Å². The Morgan fingerprint density at radius 2 is 1.71 bits per heavy atom. The molecule has 1 aromatic carbocycles. The smallest absolute Gasteiger partial charge is 0.155 e. The van der Waals surface area contributed by atoms with Crippen LogP contribution in [-0.4, -0.2) is 20.7 Å². The van der Waals surface area contributed by atoms with Crippen molar-refractivity contribution >= 4 is 22.2 Å². The first kappa shape index (κ1) is 13.4. The fourth-order valence-electron chi connectivity index (χ4n) is 1.08. The lowest BCUT2D eigenvalue weighted by molar-refractivity contribution is 0.595. The maximum absolute atomic E-state index is 11.3. The third kappa shape index (κ3) is 4.60. The average molecular weight is 236 g/mol. The van der Waals surface area contributed by atoms with Crippen LogP contribution in [0.25, 0.3) is 0 Å². The molecule has 0 atom stereocenters. The Morgan fingerprint density at radius 1 is 1.14 bits per heavy atom. The van der Waals surface area contributed by atoms with E-state index in [2.05, 4.69) is 0 Å². The van der Waals surface area contributed by atoms with Crippen molar-refractivity contribution in [2.45, 2.75) is 5.75 Å². The van der Waals surface area contributed by atoms with E-state index in [9.17, 15) is 8.42 Å². The van der Waals surface area contributed by atoms with Gasteiger partial charge in [0, 0.05) is 6.54 Å². The summed E-state index contributed by atoms with van der Waals surface area (Å²) in [6.07, 6.45) is 0. The van der Waals surface area contributed by atoms with Gasteiger partial charge in [0.1, 0.15) is 0 Å². The van der Waals surface area contributed by atoms with Crippen molar-refractivity contribution in [3.05, 3.63) is 35.9 Å². The molecule has 0 saturated heterocycles. The fraction of sp³-hybridized carbons (Fsp3) is 0.333. The van der Waals surface area contributed by atoms with Crippen molar-refractivity contribution in [3.8, 4) is 0 Å². The van der Waals surface area contributed by atoms with E-state index in [0.29, 0.717) is 0 Å². The van der Waals surface area contributed by atoms with E-state index in [1.54, 1.807) is 12.1 Å². The van der Waals surface area contributed by atoms with Gasteiger partial charge in [-0.25, -0.2) is 8.42 Å². The van der Waals surface area contributed by atoms with Crippen LogP contribution < -0.4 is 5.73 Å². The highest BCUT2D eigenvalue weighted by molar-refractivity contribution is 7.90. The molecule has 1 aromatic rings. The highest BCUT2D eigenvalue weighted by Gasteiger charge is 2.09. The van der Waals surface area contributed by atoms with Gasteiger partial charge >= 0.3 is 0 Å². The molecule has 2 N–H and O–H groups in total. The zero-order valence-electron chi connectivity index (χ0n) is 7.72. The Hall–Kier alpha value is -0.580. The number of hydrogen-bond acceptors (Lipinski definition) is 3. The van der Waals surface area contributed by atoms with Gasteiger partial charge < -0.3 is 5.73 Å². The maximum atomic E-state index is 11.3. The molecule has 0 bridgehead atoms. The SMILES string of the molecule is Cl.NCCS(=O)(=O)Cc1ccccc1. The summed E-state index contributed by atoms with van der Waals surface area (Å²) >= 11 is 0. The molecule has 0 heterocycles. The van der Waals surface area contributed by atoms with E-state index in [4.69, 9.17) is 5.73 Å². The number of benzene rings is 1. The number of sulfone groups is 1. The lowest BCUT2D eigenvalue weighted by atomic mass is 10.2. The molecule has 0 amide bonds. The van der Waals surface area contributed by atoms with E-state index in [1.807, 2.05) is 18.2 Å². The molecule has 1 rings (SSSR count). The predicted molar refractivity (Wildman–Crippen MR) is 60.2 cm³/mol. The van der Waals surface area contributed by atoms with Gasteiger partial charge in [-0.1, -0.05) is 30.3 Å². The van der Waals surface area contributed by atoms with Gasteiger partial charge in [0.15, 0.2) is 9.84 Å². The molecular formula is C9H14ClNO2S. The van der Waals surface area contributed by atoms with Crippen molar-refractivity contribution < 1.29 is 8.42 Å². The predicted octanol–water partition coefficient (Wildman–Crippen LogP) is 0.982. The van der Waals surface area contributed by atoms with Crippen LogP contribution in [0.2, 0.25) is 0 Å². The van der Waals surface area contributed by atoms with Gasteiger partial charge in [-0.3, -0.25) is 0 Å². The molecule has 0 spiro atoms. The van der Waals surface area contributed by atoms with Gasteiger partial charge in [0.2, 0.25) is 0 Å². The topological polar surface area (TPSA) is 60.2 Å². The summed E-state index contributed by atoms with van der Waals surface area (Å²) in [5, 5.41) is 0. The normalized spacial score (nSPS) is 10.6. The molecule has 14 heavy (non-hydrogen) atoms. The zero-order valence-corrected chi connectivity index (χ0v) is 9.35. The Morgan fingerprint density at radius 3 is 2.21 bits per heavy atom. The molecule has 0 aliphatic rings. The van der Waals surface area contributed by atoms with Gasteiger partial charge in [-0.2, -0.15) is 0 Å². The summed E-state index contributed by atoms with van der Waals surface area (Å²) in [4.78, 5) is 0. The third-order valence-corrected chi connectivity index (χ3v) is 3.29. The lowest BCUT2D eigenvalue weighted by Crippen LogP contribution is -2.17. The molecular weight excluding hydrogens is 222 g/mol. The van der Waals surface area contributed by atoms with Crippen LogP contribution in [0.15, 0.2) is 30.3 Å². The van der Waals surface area contributed by atoms with Crippen molar-refractivity contribution in [1.82, 2.24) is 0 Å². The Labute approximate surface area is 90.6 Å². The van der Waals surface area contributed by atoms with E-state index >= 15 is 0 Å². The summed E-state index contributed by atoms with van der Waals surface area (Å²) in [6, 6.07) is 9.11. The first-order valence-electron chi connectivity index (χ1n) is 4.08. The highest BCUT2D eigenvalue weighted by Crippen LogP contribution is 2.05. The van der Waals surface area contributed by atoms with Gasteiger partial charge in [-0.05, 0) is 5.56 Å². The minimum Gasteiger partial charge on any atom is -0.329 e.